The highest BCUT2D eigenvalue weighted by Gasteiger charge is 2.27. The van der Waals surface area contributed by atoms with Gasteiger partial charge in [0.25, 0.3) is 0 Å². The van der Waals surface area contributed by atoms with Gasteiger partial charge in [-0.2, -0.15) is 0 Å². The molecule has 0 spiro atoms. The molecule has 9 heteroatoms. The molecular formula is C61H122N2O6P+. The van der Waals surface area contributed by atoms with E-state index >= 15 is 0 Å². The summed E-state index contributed by atoms with van der Waals surface area (Å²) in [6.07, 6.45) is 67.3. The summed E-state index contributed by atoms with van der Waals surface area (Å²) in [7, 11) is 1.57. The van der Waals surface area contributed by atoms with Gasteiger partial charge < -0.3 is 19.8 Å². The van der Waals surface area contributed by atoms with Gasteiger partial charge in [0, 0.05) is 6.42 Å². The van der Waals surface area contributed by atoms with E-state index in [1.165, 1.54) is 250 Å². The molecular weight excluding hydrogens is 888 g/mol. The Kier molecular flexibility index (Phi) is 52.1. The predicted octanol–water partition coefficient (Wildman–Crippen LogP) is 18.8. The number of nitrogens with one attached hydrogen (secondary N) is 1. The van der Waals surface area contributed by atoms with Crippen molar-refractivity contribution in [1.29, 1.82) is 0 Å². The SMILES string of the molecule is CCCCCCCCCCCCCCCCC/C=C/CC/C=C/C(O)C(COP(=O)(O)OCC[N+](C)(C)C)NC(=O)CCCCCCCCCCCCCCCCCCCCCCCCCCCCC. The molecule has 0 aliphatic rings. The monoisotopic (exact) mass is 1010 g/mol. The van der Waals surface area contributed by atoms with Crippen LogP contribution in [0.4, 0.5) is 0 Å². The van der Waals surface area contributed by atoms with E-state index in [4.69, 9.17) is 9.05 Å². The van der Waals surface area contributed by atoms with Crippen molar-refractivity contribution in [2.24, 2.45) is 0 Å². The van der Waals surface area contributed by atoms with Gasteiger partial charge in [0.05, 0.1) is 39.9 Å². The van der Waals surface area contributed by atoms with E-state index < -0.39 is 20.0 Å². The Bertz CT molecular complexity index is 1190. The largest absolute Gasteiger partial charge is 0.472 e. The predicted molar refractivity (Wildman–Crippen MR) is 305 cm³/mol. The zero-order valence-electron chi connectivity index (χ0n) is 47.5. The number of hydrogen-bond donors (Lipinski definition) is 3. The van der Waals surface area contributed by atoms with Crippen molar-refractivity contribution in [2.45, 2.75) is 321 Å². The van der Waals surface area contributed by atoms with Crippen LogP contribution >= 0.6 is 7.82 Å². The lowest BCUT2D eigenvalue weighted by atomic mass is 10.0. The number of unbranched alkanes of at least 4 members (excludes halogenated alkanes) is 42. The number of aliphatic hydroxyl groups is 1. The van der Waals surface area contributed by atoms with E-state index in [9.17, 15) is 19.4 Å². The van der Waals surface area contributed by atoms with Gasteiger partial charge in [-0.3, -0.25) is 13.8 Å². The Hall–Kier alpha value is -1.02. The van der Waals surface area contributed by atoms with Crippen LogP contribution in [0.25, 0.3) is 0 Å². The molecule has 0 fully saturated rings. The van der Waals surface area contributed by atoms with Gasteiger partial charge in [-0.15, -0.1) is 0 Å². The molecule has 0 rings (SSSR count). The molecule has 0 radical (unpaired) electrons. The third-order valence-electron chi connectivity index (χ3n) is 14.2. The molecule has 0 bridgehead atoms. The Morgan fingerprint density at radius 1 is 0.471 bits per heavy atom. The maximum atomic E-state index is 13.0. The Morgan fingerprint density at radius 3 is 1.14 bits per heavy atom. The fourth-order valence-electron chi connectivity index (χ4n) is 9.36. The number of amides is 1. The second-order valence-electron chi connectivity index (χ2n) is 22.4. The molecule has 3 atom stereocenters. The number of carbonyl (C=O) groups is 1. The van der Waals surface area contributed by atoms with Gasteiger partial charge in [0.15, 0.2) is 0 Å². The van der Waals surface area contributed by atoms with Gasteiger partial charge >= 0.3 is 7.82 Å². The minimum Gasteiger partial charge on any atom is -0.387 e. The lowest BCUT2D eigenvalue weighted by Crippen LogP contribution is -2.45. The normalized spacial score (nSPS) is 14.0. The molecule has 0 saturated carbocycles. The number of phosphoric acid groups is 1. The van der Waals surface area contributed by atoms with E-state index in [-0.39, 0.29) is 19.1 Å². The molecule has 0 aromatic carbocycles. The molecule has 416 valence electrons. The van der Waals surface area contributed by atoms with Crippen LogP contribution in [-0.2, 0) is 18.4 Å². The second-order valence-corrected chi connectivity index (χ2v) is 23.9. The van der Waals surface area contributed by atoms with Gasteiger partial charge in [0.2, 0.25) is 5.91 Å². The molecule has 3 N–H and O–H groups in total. The van der Waals surface area contributed by atoms with Crippen LogP contribution in [0.3, 0.4) is 0 Å². The molecule has 0 aliphatic carbocycles. The van der Waals surface area contributed by atoms with Crippen LogP contribution in [0.5, 0.6) is 0 Å². The highest BCUT2D eigenvalue weighted by molar-refractivity contribution is 7.47. The Labute approximate surface area is 436 Å². The lowest BCUT2D eigenvalue weighted by molar-refractivity contribution is -0.870. The highest BCUT2D eigenvalue weighted by atomic mass is 31.2. The smallest absolute Gasteiger partial charge is 0.387 e. The van der Waals surface area contributed by atoms with Crippen LogP contribution in [0.1, 0.15) is 309 Å². The summed E-state index contributed by atoms with van der Waals surface area (Å²) < 4.78 is 23.7. The summed E-state index contributed by atoms with van der Waals surface area (Å²) in [6.45, 7) is 4.85. The highest BCUT2D eigenvalue weighted by Crippen LogP contribution is 2.43. The molecule has 1 amide bonds. The Balaban J connectivity index is 4.15. The van der Waals surface area contributed by atoms with Crippen molar-refractivity contribution in [3.05, 3.63) is 24.3 Å². The van der Waals surface area contributed by atoms with Gasteiger partial charge in [-0.1, -0.05) is 295 Å². The second kappa shape index (κ2) is 52.8. The average Bonchev–Trinajstić information content (AvgIpc) is 3.32. The first-order valence-corrected chi connectivity index (χ1v) is 32.2. The molecule has 70 heavy (non-hydrogen) atoms. The number of aliphatic hydroxyl groups excluding tert-OH is 1. The maximum Gasteiger partial charge on any atom is 0.472 e. The van der Waals surface area contributed by atoms with Gasteiger partial charge in [-0.25, -0.2) is 4.57 Å². The van der Waals surface area contributed by atoms with E-state index in [0.29, 0.717) is 17.4 Å². The summed E-state index contributed by atoms with van der Waals surface area (Å²) in [5, 5.41) is 13.9. The van der Waals surface area contributed by atoms with Crippen molar-refractivity contribution < 1.29 is 32.9 Å². The van der Waals surface area contributed by atoms with Crippen LogP contribution in [0.15, 0.2) is 24.3 Å². The van der Waals surface area contributed by atoms with E-state index in [0.717, 1.165) is 38.5 Å². The van der Waals surface area contributed by atoms with Crippen molar-refractivity contribution in [2.75, 3.05) is 40.9 Å². The summed E-state index contributed by atoms with van der Waals surface area (Å²) in [5.41, 5.74) is 0. The zero-order valence-corrected chi connectivity index (χ0v) is 48.4. The van der Waals surface area contributed by atoms with Gasteiger partial charge in [-0.05, 0) is 32.1 Å². The first-order valence-electron chi connectivity index (χ1n) is 30.7. The molecule has 3 unspecified atom stereocenters. The van der Waals surface area contributed by atoms with E-state index in [2.05, 4.69) is 31.3 Å². The first-order chi connectivity index (χ1) is 34.0. The fourth-order valence-corrected chi connectivity index (χ4v) is 10.1. The zero-order chi connectivity index (χ0) is 51.3. The molecule has 0 aromatic heterocycles. The van der Waals surface area contributed by atoms with Crippen molar-refractivity contribution in [3.63, 3.8) is 0 Å². The van der Waals surface area contributed by atoms with Crippen molar-refractivity contribution in [1.82, 2.24) is 5.32 Å². The summed E-state index contributed by atoms with van der Waals surface area (Å²) in [5.74, 6) is -0.180. The summed E-state index contributed by atoms with van der Waals surface area (Å²) in [4.78, 5) is 23.3. The van der Waals surface area contributed by atoms with Gasteiger partial charge in [0.1, 0.15) is 13.2 Å². The standard InChI is InChI=1S/C61H121N2O6P/c1-6-8-10-12-14-16-18-20-22-24-26-28-29-30-31-32-33-35-37-39-41-43-45-47-49-51-53-55-61(65)62-59(58-69-70(66,67)68-57-56-63(3,4)5)60(64)54-52-50-48-46-44-42-40-38-36-34-27-25-23-21-19-17-15-13-11-9-7-2/h44,46,52,54,59-60,64H,6-43,45,47-51,53,55-58H2,1-5H3,(H-,62,65,66,67)/p+1/b46-44+,54-52+. The van der Waals surface area contributed by atoms with E-state index in [1.807, 2.05) is 27.2 Å². The molecule has 0 aliphatic heterocycles. The lowest BCUT2D eigenvalue weighted by Gasteiger charge is -2.25. The van der Waals surface area contributed by atoms with Crippen LogP contribution in [0, 0.1) is 0 Å². The number of carbonyl (C=O) groups excluding carboxylic acids is 1. The van der Waals surface area contributed by atoms with Crippen LogP contribution in [0.2, 0.25) is 0 Å². The summed E-state index contributed by atoms with van der Waals surface area (Å²) >= 11 is 0. The van der Waals surface area contributed by atoms with Crippen molar-refractivity contribution >= 4 is 13.7 Å². The quantitative estimate of drug-likeness (QED) is 0.0243. The number of rotatable bonds is 57. The number of quaternary nitrogens is 1. The number of allylic oxidation sites excluding steroid dienone is 3. The maximum absolute atomic E-state index is 13.0. The number of nitrogens with zero attached hydrogens (tertiary/aromatic N) is 1. The third-order valence-corrected chi connectivity index (χ3v) is 15.2. The number of phosphoric ester groups is 1. The van der Waals surface area contributed by atoms with Crippen LogP contribution in [-0.4, -0.2) is 73.4 Å². The minimum atomic E-state index is -4.35. The molecule has 0 saturated heterocycles. The minimum absolute atomic E-state index is 0.0589. The molecule has 0 heterocycles. The van der Waals surface area contributed by atoms with E-state index in [1.54, 1.807) is 6.08 Å². The first kappa shape index (κ1) is 69.0. The van der Waals surface area contributed by atoms with Crippen molar-refractivity contribution in [3.8, 4) is 0 Å². The van der Waals surface area contributed by atoms with Crippen LogP contribution < -0.4 is 5.32 Å². The summed E-state index contributed by atoms with van der Waals surface area (Å²) in [6, 6.07) is -0.860. The topological polar surface area (TPSA) is 105 Å². The molecule has 8 nitrogen and oxygen atoms in total. The number of likely N-dealkylation sites (N-methyl/N-ethyl adjacent to an activating group) is 1. The number of hydrogen-bond acceptors (Lipinski definition) is 5. The molecule has 0 aromatic rings. The fraction of sp³-hybridized carbons (Fsp3) is 0.918. The Morgan fingerprint density at radius 2 is 0.786 bits per heavy atom. The third kappa shape index (κ3) is 54.7. The average molecular weight is 1010 g/mol.